The van der Waals surface area contributed by atoms with Gasteiger partial charge < -0.3 is 20.9 Å². The summed E-state index contributed by atoms with van der Waals surface area (Å²) in [6, 6.07) is 2.39. The number of methoxy groups -OCH3 is 1. The van der Waals surface area contributed by atoms with Crippen molar-refractivity contribution in [2.75, 3.05) is 18.6 Å². The predicted octanol–water partition coefficient (Wildman–Crippen LogP) is 1.24. The van der Waals surface area contributed by atoms with E-state index in [4.69, 9.17) is 11.5 Å². The van der Waals surface area contributed by atoms with Gasteiger partial charge in [-0.05, 0) is 12.1 Å². The maximum absolute atomic E-state index is 12.0. The average molecular weight is 232 g/mol. The number of rotatable bonds is 3. The monoisotopic (exact) mass is 232 g/mol. The van der Waals surface area contributed by atoms with E-state index in [-0.39, 0.29) is 22.7 Å². The van der Waals surface area contributed by atoms with Crippen LogP contribution in [0.2, 0.25) is 0 Å². The lowest BCUT2D eigenvalue weighted by Crippen LogP contribution is -2.12. The quantitative estimate of drug-likeness (QED) is 0.604. The lowest BCUT2D eigenvalue weighted by atomic mass is 10.1. The third-order valence-electron chi connectivity index (χ3n) is 1.84. The molecule has 16 heavy (non-hydrogen) atoms. The van der Waals surface area contributed by atoms with Crippen LogP contribution in [0.1, 0.15) is 10.4 Å². The molecule has 0 aliphatic heterocycles. The van der Waals surface area contributed by atoms with Crippen molar-refractivity contribution >= 4 is 17.3 Å². The van der Waals surface area contributed by atoms with Gasteiger partial charge in [0.05, 0.1) is 12.8 Å². The van der Waals surface area contributed by atoms with E-state index in [9.17, 15) is 13.6 Å². The summed E-state index contributed by atoms with van der Waals surface area (Å²) in [5, 5.41) is 0. The van der Waals surface area contributed by atoms with Gasteiger partial charge in [-0.15, -0.1) is 0 Å². The van der Waals surface area contributed by atoms with Gasteiger partial charge in [-0.3, -0.25) is 0 Å². The van der Waals surface area contributed by atoms with Crippen LogP contribution in [0.4, 0.5) is 20.2 Å². The first-order valence-electron chi connectivity index (χ1n) is 4.18. The summed E-state index contributed by atoms with van der Waals surface area (Å²) in [4.78, 5) is 11.3. The molecule has 1 rings (SSSR count). The van der Waals surface area contributed by atoms with E-state index in [0.717, 1.165) is 13.2 Å². The first-order chi connectivity index (χ1) is 7.47. The molecular formula is C9H10F2N2O3. The molecule has 0 bridgehead atoms. The number of benzene rings is 1. The molecule has 0 heterocycles. The zero-order valence-electron chi connectivity index (χ0n) is 8.37. The minimum atomic E-state index is -3.03. The minimum Gasteiger partial charge on any atom is -0.465 e. The molecule has 1 aromatic rings. The molecule has 0 atom stereocenters. The summed E-state index contributed by atoms with van der Waals surface area (Å²) < 4.78 is 32.5. The number of ether oxygens (including phenoxy) is 2. The molecular weight excluding hydrogens is 222 g/mol. The second kappa shape index (κ2) is 4.65. The maximum atomic E-state index is 12.0. The number of carbonyl (C=O) groups is 1. The van der Waals surface area contributed by atoms with E-state index < -0.39 is 12.6 Å². The molecule has 1 aromatic carbocycles. The Morgan fingerprint density at radius 3 is 2.50 bits per heavy atom. The molecule has 0 saturated carbocycles. The lowest BCUT2D eigenvalue weighted by Gasteiger charge is -2.12. The summed E-state index contributed by atoms with van der Waals surface area (Å²) in [6.45, 7) is -3.03. The summed E-state index contributed by atoms with van der Waals surface area (Å²) in [5.74, 6) is -1.13. The van der Waals surface area contributed by atoms with Gasteiger partial charge in [0.15, 0.2) is 0 Å². The number of nitrogens with two attached hydrogens (primary N) is 2. The Kier molecular flexibility index (Phi) is 3.49. The van der Waals surface area contributed by atoms with E-state index in [1.165, 1.54) is 6.07 Å². The van der Waals surface area contributed by atoms with Crippen LogP contribution in [0.25, 0.3) is 0 Å². The third kappa shape index (κ3) is 2.30. The Morgan fingerprint density at radius 1 is 1.38 bits per heavy atom. The number of halogens is 2. The largest absolute Gasteiger partial charge is 0.465 e. The second-order valence-electron chi connectivity index (χ2n) is 2.81. The Bertz CT molecular complexity index is 410. The van der Waals surface area contributed by atoms with Crippen LogP contribution >= 0.6 is 0 Å². The van der Waals surface area contributed by atoms with Crippen LogP contribution in [-0.4, -0.2) is 19.7 Å². The van der Waals surface area contributed by atoms with Crippen LogP contribution in [0.15, 0.2) is 12.1 Å². The molecule has 5 nitrogen and oxygen atoms in total. The van der Waals surface area contributed by atoms with Gasteiger partial charge in [-0.25, -0.2) is 4.79 Å². The van der Waals surface area contributed by atoms with Crippen LogP contribution in [0.3, 0.4) is 0 Å². The van der Waals surface area contributed by atoms with E-state index in [1.54, 1.807) is 0 Å². The number of nitrogen functional groups attached to an aromatic ring is 2. The zero-order valence-corrected chi connectivity index (χ0v) is 8.37. The third-order valence-corrected chi connectivity index (χ3v) is 1.84. The van der Waals surface area contributed by atoms with Crippen LogP contribution < -0.4 is 16.2 Å². The highest BCUT2D eigenvalue weighted by atomic mass is 19.3. The fourth-order valence-corrected chi connectivity index (χ4v) is 1.15. The maximum Gasteiger partial charge on any atom is 0.387 e. The van der Waals surface area contributed by atoms with Gasteiger partial charge in [0, 0.05) is 5.69 Å². The zero-order chi connectivity index (χ0) is 12.3. The predicted molar refractivity (Wildman–Crippen MR) is 53.2 cm³/mol. The average Bonchev–Trinajstić information content (AvgIpc) is 2.21. The van der Waals surface area contributed by atoms with Gasteiger partial charge in [-0.2, -0.15) is 8.78 Å². The summed E-state index contributed by atoms with van der Waals surface area (Å²) in [7, 11) is 1.13. The van der Waals surface area contributed by atoms with Crippen LogP contribution in [-0.2, 0) is 4.74 Å². The molecule has 0 saturated heterocycles. The van der Waals surface area contributed by atoms with Crippen molar-refractivity contribution < 1.29 is 23.0 Å². The first-order valence-corrected chi connectivity index (χ1v) is 4.18. The van der Waals surface area contributed by atoms with Crippen molar-refractivity contribution in [3.8, 4) is 5.75 Å². The molecule has 7 heteroatoms. The van der Waals surface area contributed by atoms with Gasteiger partial charge >= 0.3 is 12.6 Å². The Morgan fingerprint density at radius 2 is 2.00 bits per heavy atom. The van der Waals surface area contributed by atoms with Crippen molar-refractivity contribution in [2.24, 2.45) is 0 Å². The lowest BCUT2D eigenvalue weighted by molar-refractivity contribution is -0.0493. The SMILES string of the molecule is COC(=O)c1c(N)ccc(OC(F)F)c1N. The number of esters is 1. The van der Waals surface area contributed by atoms with Crippen molar-refractivity contribution in [3.63, 3.8) is 0 Å². The van der Waals surface area contributed by atoms with E-state index in [0.29, 0.717) is 0 Å². The van der Waals surface area contributed by atoms with Gasteiger partial charge in [-0.1, -0.05) is 0 Å². The van der Waals surface area contributed by atoms with E-state index in [1.807, 2.05) is 0 Å². The number of hydrogen-bond donors (Lipinski definition) is 2. The van der Waals surface area contributed by atoms with Gasteiger partial charge in [0.2, 0.25) is 0 Å². The molecule has 0 spiro atoms. The molecule has 4 N–H and O–H groups in total. The summed E-state index contributed by atoms with van der Waals surface area (Å²) in [6.07, 6.45) is 0. The van der Waals surface area contributed by atoms with Crippen LogP contribution in [0.5, 0.6) is 5.75 Å². The number of hydrogen-bond acceptors (Lipinski definition) is 5. The molecule has 0 unspecified atom stereocenters. The van der Waals surface area contributed by atoms with Crippen LogP contribution in [0, 0.1) is 0 Å². The molecule has 0 radical (unpaired) electrons. The molecule has 0 aliphatic rings. The molecule has 0 amide bonds. The van der Waals surface area contributed by atoms with E-state index in [2.05, 4.69) is 9.47 Å². The fourth-order valence-electron chi connectivity index (χ4n) is 1.15. The van der Waals surface area contributed by atoms with Crippen molar-refractivity contribution in [3.05, 3.63) is 17.7 Å². The second-order valence-corrected chi connectivity index (χ2v) is 2.81. The highest BCUT2D eigenvalue weighted by Crippen LogP contribution is 2.31. The van der Waals surface area contributed by atoms with Crippen molar-refractivity contribution in [1.82, 2.24) is 0 Å². The Hall–Kier alpha value is -2.05. The number of alkyl halides is 2. The normalized spacial score (nSPS) is 10.2. The summed E-state index contributed by atoms with van der Waals surface area (Å²) >= 11 is 0. The van der Waals surface area contributed by atoms with Crippen molar-refractivity contribution in [1.29, 1.82) is 0 Å². The van der Waals surface area contributed by atoms with E-state index >= 15 is 0 Å². The Labute approximate surface area is 89.9 Å². The molecule has 88 valence electrons. The smallest absolute Gasteiger partial charge is 0.387 e. The first kappa shape index (κ1) is 12.0. The minimum absolute atomic E-state index is 0.0333. The summed E-state index contributed by atoms with van der Waals surface area (Å²) in [5.41, 5.74) is 10.5. The topological polar surface area (TPSA) is 87.6 Å². The van der Waals surface area contributed by atoms with Gasteiger partial charge in [0.25, 0.3) is 0 Å². The molecule has 0 fully saturated rings. The molecule has 0 aliphatic carbocycles. The highest BCUT2D eigenvalue weighted by Gasteiger charge is 2.19. The number of anilines is 2. The standard InChI is InChI=1S/C9H10F2N2O3/c1-15-8(14)6-4(12)2-3-5(7(6)13)16-9(10)11/h2-3,9H,12-13H2,1H3. The highest BCUT2D eigenvalue weighted by molar-refractivity contribution is 6.01. The number of carbonyl (C=O) groups excluding carboxylic acids is 1. The van der Waals surface area contributed by atoms with Gasteiger partial charge in [0.1, 0.15) is 11.3 Å². The Balaban J connectivity index is 3.21. The van der Waals surface area contributed by atoms with Crippen molar-refractivity contribution in [2.45, 2.75) is 6.61 Å². The fraction of sp³-hybridized carbons (Fsp3) is 0.222. The molecule has 0 aromatic heterocycles.